The molecule has 23 heavy (non-hydrogen) atoms. The summed E-state index contributed by atoms with van der Waals surface area (Å²) in [7, 11) is 0. The topological polar surface area (TPSA) is 57.8 Å². The van der Waals surface area contributed by atoms with Crippen LogP contribution < -0.4 is 10.9 Å². The van der Waals surface area contributed by atoms with Gasteiger partial charge in [0.25, 0.3) is 5.56 Å². The van der Waals surface area contributed by atoms with E-state index in [1.165, 1.54) is 12.1 Å². The minimum atomic E-state index is -0.287. The van der Waals surface area contributed by atoms with Gasteiger partial charge in [0, 0.05) is 28.0 Å². The normalized spacial score (nSPS) is 11.0. The first-order valence-corrected chi connectivity index (χ1v) is 7.15. The number of anilines is 2. The number of rotatable bonds is 2. The van der Waals surface area contributed by atoms with Crippen LogP contribution in [0.25, 0.3) is 21.8 Å². The van der Waals surface area contributed by atoms with Crippen molar-refractivity contribution in [3.05, 3.63) is 77.0 Å². The van der Waals surface area contributed by atoms with Crippen LogP contribution in [0.3, 0.4) is 0 Å². The second-order valence-electron chi connectivity index (χ2n) is 5.21. The largest absolute Gasteiger partial charge is 0.355 e. The lowest BCUT2D eigenvalue weighted by molar-refractivity contribution is 0.628. The van der Waals surface area contributed by atoms with Gasteiger partial charge >= 0.3 is 0 Å². The summed E-state index contributed by atoms with van der Waals surface area (Å²) < 4.78 is 13.1. The summed E-state index contributed by atoms with van der Waals surface area (Å²) in [5.74, 6) is -0.287. The van der Waals surface area contributed by atoms with E-state index in [0.29, 0.717) is 11.0 Å². The van der Waals surface area contributed by atoms with E-state index in [-0.39, 0.29) is 11.4 Å². The Balaban J connectivity index is 1.98. The average molecular weight is 305 g/mol. The molecule has 4 nitrogen and oxygen atoms in total. The van der Waals surface area contributed by atoms with Crippen LogP contribution in [0.1, 0.15) is 0 Å². The summed E-state index contributed by atoms with van der Waals surface area (Å²) in [4.78, 5) is 19.2. The Bertz CT molecular complexity index is 1070. The number of hydrogen-bond acceptors (Lipinski definition) is 3. The molecule has 0 saturated carbocycles. The smallest absolute Gasteiger partial charge is 0.257 e. The molecule has 0 saturated heterocycles. The molecule has 0 aliphatic heterocycles. The minimum absolute atomic E-state index is 0.167. The van der Waals surface area contributed by atoms with Crippen molar-refractivity contribution in [1.82, 2.24) is 9.97 Å². The lowest BCUT2D eigenvalue weighted by Crippen LogP contribution is -2.08. The molecule has 2 N–H and O–H groups in total. The van der Waals surface area contributed by atoms with Gasteiger partial charge in [0.1, 0.15) is 11.5 Å². The number of benzene rings is 2. The second kappa shape index (κ2) is 5.21. The summed E-state index contributed by atoms with van der Waals surface area (Å²) in [6.45, 7) is 0. The van der Waals surface area contributed by atoms with E-state index < -0.39 is 0 Å². The second-order valence-corrected chi connectivity index (χ2v) is 5.21. The molecule has 0 aliphatic rings. The molecule has 0 bridgehead atoms. The molecule has 2 heterocycles. The highest BCUT2D eigenvalue weighted by atomic mass is 19.1. The summed E-state index contributed by atoms with van der Waals surface area (Å²) in [5, 5.41) is 5.51. The molecule has 112 valence electrons. The summed E-state index contributed by atoms with van der Waals surface area (Å²) in [6, 6.07) is 15.3. The van der Waals surface area contributed by atoms with Crippen LogP contribution in [0, 0.1) is 5.82 Å². The molecular formula is C18H12FN3O. The third kappa shape index (κ3) is 2.32. The van der Waals surface area contributed by atoms with Gasteiger partial charge in [-0.15, -0.1) is 0 Å². The number of nitrogens with one attached hydrogen (secondary N) is 2. The predicted molar refractivity (Wildman–Crippen MR) is 89.6 cm³/mol. The highest BCUT2D eigenvalue weighted by Gasteiger charge is 2.10. The van der Waals surface area contributed by atoms with E-state index in [4.69, 9.17) is 0 Å². The van der Waals surface area contributed by atoms with E-state index in [1.54, 1.807) is 24.4 Å². The molecule has 4 aromatic rings. The maximum absolute atomic E-state index is 13.1. The molecule has 2 aromatic heterocycles. The Morgan fingerprint density at radius 2 is 1.70 bits per heavy atom. The molecule has 0 aliphatic carbocycles. The van der Waals surface area contributed by atoms with Crippen molar-refractivity contribution < 1.29 is 4.39 Å². The van der Waals surface area contributed by atoms with E-state index in [0.717, 1.165) is 22.1 Å². The van der Waals surface area contributed by atoms with Gasteiger partial charge in [-0.2, -0.15) is 0 Å². The summed E-state index contributed by atoms with van der Waals surface area (Å²) in [6.07, 6.45) is 1.62. The SMILES string of the molecule is O=c1[nH]c2nccc(Nc3ccc(F)cc3)c2c2ccccc12. The third-order valence-electron chi connectivity index (χ3n) is 3.75. The molecule has 0 atom stereocenters. The average Bonchev–Trinajstić information content (AvgIpc) is 2.57. The molecule has 4 rings (SSSR count). The molecule has 0 radical (unpaired) electrons. The fourth-order valence-corrected chi connectivity index (χ4v) is 2.70. The number of hydrogen-bond donors (Lipinski definition) is 2. The zero-order chi connectivity index (χ0) is 15.8. The lowest BCUT2D eigenvalue weighted by Gasteiger charge is -2.11. The number of nitrogens with zero attached hydrogens (tertiary/aromatic N) is 1. The van der Waals surface area contributed by atoms with Crippen LogP contribution >= 0.6 is 0 Å². The zero-order valence-electron chi connectivity index (χ0n) is 12.0. The molecule has 0 unspecified atom stereocenters. The van der Waals surface area contributed by atoms with Crippen LogP contribution in [0.15, 0.2) is 65.6 Å². The number of pyridine rings is 2. The Morgan fingerprint density at radius 1 is 0.957 bits per heavy atom. The zero-order valence-corrected chi connectivity index (χ0v) is 12.0. The highest BCUT2D eigenvalue weighted by molar-refractivity contribution is 6.10. The molecule has 0 amide bonds. The number of aromatic nitrogens is 2. The molecule has 2 aromatic carbocycles. The molecule has 5 heteroatoms. The van der Waals surface area contributed by atoms with E-state index in [2.05, 4.69) is 15.3 Å². The van der Waals surface area contributed by atoms with Crippen LogP contribution in [-0.4, -0.2) is 9.97 Å². The summed E-state index contributed by atoms with van der Waals surface area (Å²) >= 11 is 0. The van der Waals surface area contributed by atoms with Crippen molar-refractivity contribution in [2.75, 3.05) is 5.32 Å². The van der Waals surface area contributed by atoms with Crippen LogP contribution in [0.2, 0.25) is 0 Å². The van der Waals surface area contributed by atoms with Crippen molar-refractivity contribution in [2.24, 2.45) is 0 Å². The van der Waals surface area contributed by atoms with Crippen molar-refractivity contribution in [3.63, 3.8) is 0 Å². The van der Waals surface area contributed by atoms with Crippen molar-refractivity contribution >= 4 is 33.2 Å². The monoisotopic (exact) mass is 305 g/mol. The first kappa shape index (κ1) is 13.5. The Labute approximate surface area is 130 Å². The number of aromatic amines is 1. The van der Waals surface area contributed by atoms with Gasteiger partial charge in [0.05, 0.1) is 5.69 Å². The van der Waals surface area contributed by atoms with Gasteiger partial charge in [0.15, 0.2) is 0 Å². The highest BCUT2D eigenvalue weighted by Crippen LogP contribution is 2.29. The van der Waals surface area contributed by atoms with Gasteiger partial charge in [-0.25, -0.2) is 9.37 Å². The van der Waals surface area contributed by atoms with Crippen LogP contribution in [0.4, 0.5) is 15.8 Å². The number of fused-ring (bicyclic) bond motifs is 3. The quantitative estimate of drug-likeness (QED) is 0.551. The molecular weight excluding hydrogens is 293 g/mol. The number of halogens is 1. The van der Waals surface area contributed by atoms with Crippen molar-refractivity contribution in [1.29, 1.82) is 0 Å². The predicted octanol–water partition coefficient (Wildman–Crippen LogP) is 3.96. The fourth-order valence-electron chi connectivity index (χ4n) is 2.70. The standard InChI is InChI=1S/C18H12FN3O/c19-11-5-7-12(8-6-11)21-15-9-10-20-17-16(15)13-3-1-2-4-14(13)18(23)22-17/h1-10H,(H2,20,21,22,23). The van der Waals surface area contributed by atoms with Crippen molar-refractivity contribution in [3.8, 4) is 0 Å². The van der Waals surface area contributed by atoms with Crippen LogP contribution in [0.5, 0.6) is 0 Å². The van der Waals surface area contributed by atoms with Gasteiger partial charge in [-0.3, -0.25) is 4.79 Å². The van der Waals surface area contributed by atoms with Gasteiger partial charge in [0.2, 0.25) is 0 Å². The van der Waals surface area contributed by atoms with Crippen molar-refractivity contribution in [2.45, 2.75) is 0 Å². The van der Waals surface area contributed by atoms with Gasteiger partial charge < -0.3 is 10.3 Å². The lowest BCUT2D eigenvalue weighted by atomic mass is 10.1. The minimum Gasteiger partial charge on any atom is -0.355 e. The molecule has 0 spiro atoms. The Hall–Kier alpha value is -3.21. The fraction of sp³-hybridized carbons (Fsp3) is 0. The van der Waals surface area contributed by atoms with Gasteiger partial charge in [-0.1, -0.05) is 18.2 Å². The first-order valence-electron chi connectivity index (χ1n) is 7.15. The first-order chi connectivity index (χ1) is 11.2. The molecule has 0 fully saturated rings. The third-order valence-corrected chi connectivity index (χ3v) is 3.75. The maximum atomic E-state index is 13.1. The Kier molecular flexibility index (Phi) is 3.05. The van der Waals surface area contributed by atoms with E-state index >= 15 is 0 Å². The van der Waals surface area contributed by atoms with E-state index in [1.807, 2.05) is 24.3 Å². The Morgan fingerprint density at radius 3 is 2.48 bits per heavy atom. The van der Waals surface area contributed by atoms with Crippen LogP contribution in [-0.2, 0) is 0 Å². The van der Waals surface area contributed by atoms with Gasteiger partial charge in [-0.05, 0) is 36.4 Å². The summed E-state index contributed by atoms with van der Waals surface area (Å²) in [5.41, 5.74) is 1.91. The van der Waals surface area contributed by atoms with E-state index in [9.17, 15) is 9.18 Å². The maximum Gasteiger partial charge on any atom is 0.257 e. The number of H-pyrrole nitrogens is 1.